The van der Waals surface area contributed by atoms with E-state index >= 15 is 0 Å². The summed E-state index contributed by atoms with van der Waals surface area (Å²) < 4.78 is 2.33. The van der Waals surface area contributed by atoms with Crippen LogP contribution in [0.1, 0.15) is 240 Å². The lowest BCUT2D eigenvalue weighted by Gasteiger charge is -2.30. The van der Waals surface area contributed by atoms with E-state index in [-0.39, 0.29) is 0 Å². The van der Waals surface area contributed by atoms with Crippen molar-refractivity contribution in [1.29, 1.82) is 0 Å². The van der Waals surface area contributed by atoms with Gasteiger partial charge in [-0.2, -0.15) is 0 Å². The normalized spacial score (nSPS) is 14.2. The summed E-state index contributed by atoms with van der Waals surface area (Å²) in [7, 11) is 2.17. The van der Waals surface area contributed by atoms with E-state index in [0.717, 1.165) is 54.5 Å². The summed E-state index contributed by atoms with van der Waals surface area (Å²) in [5, 5.41) is 3.18. The maximum Gasteiger partial charge on any atom is 0.0492 e. The molecule has 1 aliphatic carbocycles. The number of nitrogens with zero attached hydrogens (tertiary/aromatic N) is 2. The number of piperidine rings is 1. The van der Waals surface area contributed by atoms with Gasteiger partial charge in [-0.25, -0.2) is 0 Å². The van der Waals surface area contributed by atoms with Crippen molar-refractivity contribution in [3.63, 3.8) is 0 Å². The predicted octanol–water partition coefficient (Wildman–Crippen LogP) is 22.8. The zero-order valence-corrected chi connectivity index (χ0v) is 54.1. The highest BCUT2D eigenvalue weighted by molar-refractivity contribution is 8.10. The highest BCUT2D eigenvalue weighted by atomic mass is 32.2. The fourth-order valence-electron chi connectivity index (χ4n) is 10.2. The number of likely N-dealkylation sites (tertiary alicyclic amines) is 1. The summed E-state index contributed by atoms with van der Waals surface area (Å²) in [4.78, 5) is 3.95. The number of allylic oxidation sites excluding steroid dienone is 8. The van der Waals surface area contributed by atoms with E-state index in [9.17, 15) is 0 Å². The number of hydrogen-bond acceptors (Lipinski definition) is 3. The summed E-state index contributed by atoms with van der Waals surface area (Å²) in [5.74, 6) is 4.87. The highest BCUT2D eigenvalue weighted by Gasteiger charge is 2.18. The molecular weight excluding hydrogens is 963 g/mol. The van der Waals surface area contributed by atoms with Crippen LogP contribution in [0.25, 0.3) is 27.5 Å². The number of nitrogens with two attached hydrogens (primary N) is 1. The van der Waals surface area contributed by atoms with Crippen molar-refractivity contribution in [3.05, 3.63) is 149 Å². The second-order valence-corrected chi connectivity index (χ2v) is 24.5. The number of unbranched alkanes of at least 4 members (excludes halogenated alkanes) is 4. The molecule has 2 heterocycles. The summed E-state index contributed by atoms with van der Waals surface area (Å²) in [6.45, 7) is 54.7. The Morgan fingerprint density at radius 2 is 1.38 bits per heavy atom. The fourth-order valence-corrected chi connectivity index (χ4v) is 10.9. The minimum atomic E-state index is 0.594. The zero-order valence-electron chi connectivity index (χ0n) is 53.3. The minimum absolute atomic E-state index is 0.594. The summed E-state index contributed by atoms with van der Waals surface area (Å²) in [6, 6.07) is 15.6. The van der Waals surface area contributed by atoms with Crippen LogP contribution in [0.2, 0.25) is 0 Å². The van der Waals surface area contributed by atoms with Gasteiger partial charge in [-0.3, -0.25) is 0 Å². The first-order chi connectivity index (χ1) is 37.3. The van der Waals surface area contributed by atoms with Gasteiger partial charge in [-0.1, -0.05) is 249 Å². The van der Waals surface area contributed by atoms with Gasteiger partial charge in [-0.05, 0) is 174 Å². The molecule has 436 valence electrons. The SMILES string of the molecule is C#C.C=C(C)C(CCCC(C)C)CC(C)C.C=C(N)CCCCCCCN1CCC(C)CC1.C=C/C(=C\C=C(/C)CC1CCC1)c1ccc2c(C=C)c(CCC)n(C)c2c1.C=CSC(=C(C)C)c1ccc(C(C)C)cc1.CC. The highest BCUT2D eigenvalue weighted by Crippen LogP contribution is 2.34. The third kappa shape index (κ3) is 29.7. The van der Waals surface area contributed by atoms with Crippen LogP contribution in [0.15, 0.2) is 121 Å². The molecule has 2 N–H and O–H groups in total. The van der Waals surface area contributed by atoms with Gasteiger partial charge in [0.1, 0.15) is 0 Å². The van der Waals surface area contributed by atoms with Crippen molar-refractivity contribution in [1.82, 2.24) is 9.47 Å². The smallest absolute Gasteiger partial charge is 0.0492 e. The van der Waals surface area contributed by atoms with Crippen molar-refractivity contribution in [2.75, 3.05) is 19.6 Å². The summed E-state index contributed by atoms with van der Waals surface area (Å²) in [5.41, 5.74) is 19.6. The van der Waals surface area contributed by atoms with Gasteiger partial charge in [0.15, 0.2) is 0 Å². The van der Waals surface area contributed by atoms with Crippen LogP contribution < -0.4 is 5.73 Å². The van der Waals surface area contributed by atoms with E-state index in [1.807, 2.05) is 31.4 Å². The molecule has 3 nitrogen and oxygen atoms in total. The number of rotatable bonds is 27. The third-order valence-electron chi connectivity index (χ3n) is 15.1. The molecule has 0 radical (unpaired) electrons. The van der Waals surface area contributed by atoms with E-state index in [0.29, 0.717) is 5.92 Å². The van der Waals surface area contributed by atoms with Gasteiger partial charge in [0.05, 0.1) is 0 Å². The molecule has 1 unspecified atom stereocenters. The van der Waals surface area contributed by atoms with Crippen LogP contribution in [-0.4, -0.2) is 29.1 Å². The van der Waals surface area contributed by atoms with Gasteiger partial charge in [0.25, 0.3) is 0 Å². The Hall–Kier alpha value is -4.43. The lowest BCUT2D eigenvalue weighted by atomic mass is 9.81. The lowest BCUT2D eigenvalue weighted by molar-refractivity contribution is 0.189. The number of hydrogen-bond donors (Lipinski definition) is 1. The molecule has 1 aliphatic heterocycles. The number of benzene rings is 2. The average Bonchev–Trinajstić information content (AvgIpc) is 3.67. The van der Waals surface area contributed by atoms with E-state index in [2.05, 4.69) is 200 Å². The Balaban J connectivity index is 0.00000103. The van der Waals surface area contributed by atoms with Crippen LogP contribution in [0.3, 0.4) is 0 Å². The topological polar surface area (TPSA) is 34.2 Å². The van der Waals surface area contributed by atoms with E-state index in [1.54, 1.807) is 11.8 Å². The van der Waals surface area contributed by atoms with Crippen molar-refractivity contribution in [3.8, 4) is 12.8 Å². The summed E-state index contributed by atoms with van der Waals surface area (Å²) >= 11 is 1.70. The Bertz CT molecular complexity index is 2250. The minimum Gasteiger partial charge on any atom is -0.403 e. The van der Waals surface area contributed by atoms with Crippen molar-refractivity contribution >= 4 is 39.2 Å². The van der Waals surface area contributed by atoms with Gasteiger partial charge in [0, 0.05) is 39.8 Å². The largest absolute Gasteiger partial charge is 0.403 e. The predicted molar refractivity (Wildman–Crippen MR) is 361 cm³/mol. The molecule has 78 heavy (non-hydrogen) atoms. The van der Waals surface area contributed by atoms with Crippen LogP contribution in [-0.2, 0) is 13.5 Å². The van der Waals surface area contributed by atoms with Crippen LogP contribution in [0.5, 0.6) is 0 Å². The number of aryl methyl sites for hydroxylation is 1. The van der Waals surface area contributed by atoms with Crippen molar-refractivity contribution in [2.24, 2.45) is 42.4 Å². The molecular formula is C74H119N3S. The molecule has 2 aromatic carbocycles. The Kier molecular flexibility index (Phi) is 40.9. The van der Waals surface area contributed by atoms with E-state index in [1.165, 1.54) is 182 Å². The van der Waals surface area contributed by atoms with Gasteiger partial charge in [-0.15, -0.1) is 12.8 Å². The van der Waals surface area contributed by atoms with Gasteiger partial charge < -0.3 is 15.2 Å². The molecule has 1 atom stereocenters. The maximum absolute atomic E-state index is 5.54. The maximum atomic E-state index is 5.54. The first-order valence-electron chi connectivity index (χ1n) is 30.7. The van der Waals surface area contributed by atoms with Crippen LogP contribution in [0, 0.1) is 42.4 Å². The number of fused-ring (bicyclic) bond motifs is 1. The number of thioether (sulfide) groups is 1. The average molecular weight is 1080 g/mol. The molecule has 4 heteroatoms. The van der Waals surface area contributed by atoms with Crippen LogP contribution in [0.4, 0.5) is 0 Å². The molecule has 0 bridgehead atoms. The van der Waals surface area contributed by atoms with E-state index < -0.39 is 0 Å². The first-order valence-corrected chi connectivity index (χ1v) is 31.6. The summed E-state index contributed by atoms with van der Waals surface area (Å²) in [6.07, 6.45) is 40.0. The molecule has 0 amide bonds. The molecule has 1 saturated carbocycles. The number of aromatic nitrogens is 1. The van der Waals surface area contributed by atoms with E-state index in [4.69, 9.17) is 5.73 Å². The first kappa shape index (κ1) is 73.6. The Morgan fingerprint density at radius 3 is 1.87 bits per heavy atom. The molecule has 2 fully saturated rings. The standard InChI is InChI=1S/C26H33N.C15H30N2.C15H20S.C14H28.C2H6.C2H2/c1-6-10-25-23(8-3)24-16-15-22(18-26(24)27(25)5)21(7-2)14-13-19(4)17-20-11-9-12-20;1-14-9-12-17(13-10-14)11-7-5-3-4-6-8-15(2)16;1-6-16-15(12(4)5)14-9-7-13(8-10-14)11(2)3;1-11(2)8-7-9-14(13(5)6)10-12(3)4;2*1-2/h7-8,13-16,18,20H,2-3,6,9-12,17H2,1,4-5H3;14H,2-13,16H2,1H3;6-11H,1H2,2-5H3;11-12,14H,5,7-10H2,1-4,6H3;1-2H3;1-2H/b19-13+,21-14+;;;;;. The molecule has 1 saturated heterocycles. The molecule has 2 aliphatic rings. The second kappa shape index (κ2) is 43.4. The van der Waals surface area contributed by atoms with Gasteiger partial charge in [0.2, 0.25) is 0 Å². The quantitative estimate of drug-likeness (QED) is 0.0358. The Labute approximate surface area is 488 Å². The monoisotopic (exact) mass is 1080 g/mol. The molecule has 5 rings (SSSR count). The van der Waals surface area contributed by atoms with Crippen molar-refractivity contribution < 1.29 is 0 Å². The second-order valence-electron chi connectivity index (χ2n) is 23.5. The molecule has 0 spiro atoms. The fraction of sp³-hybridized carbons (Fsp3) is 0.568. The van der Waals surface area contributed by atoms with Crippen LogP contribution >= 0.6 is 11.8 Å². The van der Waals surface area contributed by atoms with Crippen molar-refractivity contribution in [2.45, 2.75) is 218 Å². The molecule has 1 aromatic heterocycles. The molecule has 3 aromatic rings. The third-order valence-corrected chi connectivity index (χ3v) is 16.2. The van der Waals surface area contributed by atoms with Gasteiger partial charge >= 0.3 is 0 Å². The zero-order chi connectivity index (χ0) is 59.2. The lowest BCUT2D eigenvalue weighted by Crippen LogP contribution is -2.33. The number of terminal acetylenes is 1. The Morgan fingerprint density at radius 1 is 0.782 bits per heavy atom.